The van der Waals surface area contributed by atoms with Gasteiger partial charge in [0.25, 0.3) is 0 Å². The lowest BCUT2D eigenvalue weighted by Crippen LogP contribution is -2.47. The van der Waals surface area contributed by atoms with Gasteiger partial charge in [0, 0.05) is 30.9 Å². The highest BCUT2D eigenvalue weighted by atomic mass is 35.5. The zero-order chi connectivity index (χ0) is 15.2. The largest absolute Gasteiger partial charge is 0.465 e. The number of hydrogen-bond acceptors (Lipinski definition) is 4. The van der Waals surface area contributed by atoms with Gasteiger partial charge in [-0.1, -0.05) is 13.3 Å². The van der Waals surface area contributed by atoms with Crippen molar-refractivity contribution in [2.45, 2.75) is 45.1 Å². The van der Waals surface area contributed by atoms with Gasteiger partial charge in [-0.3, -0.25) is 0 Å². The number of piperidine rings is 1. The summed E-state index contributed by atoms with van der Waals surface area (Å²) in [4.78, 5) is 21.4. The van der Waals surface area contributed by atoms with Gasteiger partial charge in [0.15, 0.2) is 0 Å². The van der Waals surface area contributed by atoms with Crippen molar-refractivity contribution in [1.82, 2.24) is 15.3 Å². The maximum atomic E-state index is 10.8. The van der Waals surface area contributed by atoms with Crippen LogP contribution in [0.1, 0.15) is 38.3 Å². The fourth-order valence-electron chi connectivity index (χ4n) is 2.58. The first-order chi connectivity index (χ1) is 10.1. The van der Waals surface area contributed by atoms with Crippen LogP contribution < -0.4 is 10.2 Å². The van der Waals surface area contributed by atoms with Crippen LogP contribution in [0.15, 0.2) is 6.07 Å². The Kier molecular flexibility index (Phi) is 5.61. The van der Waals surface area contributed by atoms with Crippen molar-refractivity contribution in [3.8, 4) is 0 Å². The molecule has 1 aromatic rings. The van der Waals surface area contributed by atoms with Crippen molar-refractivity contribution >= 4 is 23.5 Å². The maximum Gasteiger partial charge on any atom is 0.404 e. The molecule has 2 heterocycles. The summed E-state index contributed by atoms with van der Waals surface area (Å²) in [6.07, 6.45) is 3.85. The van der Waals surface area contributed by atoms with Crippen molar-refractivity contribution in [2.24, 2.45) is 0 Å². The lowest BCUT2D eigenvalue weighted by molar-refractivity contribution is 0.188. The molecule has 6 nitrogen and oxygen atoms in total. The molecule has 0 saturated carbocycles. The fraction of sp³-hybridized carbons (Fsp3) is 0.643. The Morgan fingerprint density at radius 1 is 1.57 bits per heavy atom. The number of nitrogens with one attached hydrogen (secondary N) is 1. The van der Waals surface area contributed by atoms with E-state index in [4.69, 9.17) is 16.7 Å². The first-order valence-electron chi connectivity index (χ1n) is 7.36. The van der Waals surface area contributed by atoms with E-state index in [2.05, 4.69) is 27.1 Å². The number of nitrogens with zero attached hydrogens (tertiary/aromatic N) is 3. The summed E-state index contributed by atoms with van der Waals surface area (Å²) >= 11 is 6.01. The van der Waals surface area contributed by atoms with Crippen LogP contribution in [0.2, 0.25) is 5.28 Å². The van der Waals surface area contributed by atoms with Gasteiger partial charge in [-0.15, -0.1) is 0 Å². The van der Waals surface area contributed by atoms with Crippen LogP contribution in [0.5, 0.6) is 0 Å². The van der Waals surface area contributed by atoms with Crippen molar-refractivity contribution in [2.75, 3.05) is 18.0 Å². The normalized spacial score (nSPS) is 18.6. The number of carbonyl (C=O) groups is 1. The van der Waals surface area contributed by atoms with Gasteiger partial charge in [-0.2, -0.15) is 0 Å². The summed E-state index contributed by atoms with van der Waals surface area (Å²) in [6.45, 7) is 3.61. The Bertz CT molecular complexity index is 498. The highest BCUT2D eigenvalue weighted by Gasteiger charge is 2.22. The van der Waals surface area contributed by atoms with E-state index in [-0.39, 0.29) is 11.3 Å². The monoisotopic (exact) mass is 312 g/mol. The topological polar surface area (TPSA) is 78.4 Å². The molecule has 1 fully saturated rings. The Morgan fingerprint density at radius 3 is 3.10 bits per heavy atom. The van der Waals surface area contributed by atoms with Gasteiger partial charge in [-0.25, -0.2) is 14.8 Å². The molecule has 1 atom stereocenters. The van der Waals surface area contributed by atoms with E-state index < -0.39 is 6.09 Å². The fourth-order valence-corrected chi connectivity index (χ4v) is 2.77. The molecule has 0 aliphatic carbocycles. The second-order valence-corrected chi connectivity index (χ2v) is 5.66. The number of halogens is 1. The molecule has 1 aliphatic rings. The van der Waals surface area contributed by atoms with Crippen LogP contribution in [-0.4, -0.2) is 40.3 Å². The highest BCUT2D eigenvalue weighted by Crippen LogP contribution is 2.21. The summed E-state index contributed by atoms with van der Waals surface area (Å²) < 4.78 is 0. The molecule has 0 aromatic carbocycles. The van der Waals surface area contributed by atoms with E-state index in [1.165, 1.54) is 0 Å². The quantitative estimate of drug-likeness (QED) is 0.817. The number of aromatic nitrogens is 2. The highest BCUT2D eigenvalue weighted by molar-refractivity contribution is 6.28. The van der Waals surface area contributed by atoms with Crippen LogP contribution in [0.3, 0.4) is 0 Å². The average molecular weight is 313 g/mol. The second kappa shape index (κ2) is 7.45. The maximum absolute atomic E-state index is 10.8. The van der Waals surface area contributed by atoms with Crippen molar-refractivity contribution in [3.63, 3.8) is 0 Å². The third kappa shape index (κ3) is 4.74. The first kappa shape index (κ1) is 15.8. The molecule has 0 unspecified atom stereocenters. The second-order valence-electron chi connectivity index (χ2n) is 5.32. The number of aryl methyl sites for hydroxylation is 1. The molecule has 7 heteroatoms. The third-order valence-electron chi connectivity index (χ3n) is 3.60. The number of hydrogen-bond donors (Lipinski definition) is 2. The number of amides is 1. The average Bonchev–Trinajstić information content (AvgIpc) is 2.44. The molecular formula is C14H21ClN4O2. The summed E-state index contributed by atoms with van der Waals surface area (Å²) in [5.74, 6) is 0.790. The van der Waals surface area contributed by atoms with E-state index in [9.17, 15) is 4.79 Å². The molecule has 0 radical (unpaired) electrons. The van der Waals surface area contributed by atoms with Crippen LogP contribution >= 0.6 is 11.6 Å². The Hall–Kier alpha value is -1.56. The Labute approximate surface area is 129 Å². The molecule has 21 heavy (non-hydrogen) atoms. The van der Waals surface area contributed by atoms with Crippen molar-refractivity contribution < 1.29 is 9.90 Å². The minimum absolute atomic E-state index is 0.0657. The minimum Gasteiger partial charge on any atom is -0.465 e. The van der Waals surface area contributed by atoms with Gasteiger partial charge >= 0.3 is 6.09 Å². The lowest BCUT2D eigenvalue weighted by Gasteiger charge is -2.33. The number of unbranched alkanes of at least 4 members (excludes halogenated alkanes) is 1. The van der Waals surface area contributed by atoms with Crippen LogP contribution in [0, 0.1) is 0 Å². The summed E-state index contributed by atoms with van der Waals surface area (Å²) in [5, 5.41) is 11.6. The van der Waals surface area contributed by atoms with Gasteiger partial charge in [0.2, 0.25) is 5.28 Å². The van der Waals surface area contributed by atoms with E-state index in [1.807, 2.05) is 6.07 Å². The predicted octanol–water partition coefficient (Wildman–Crippen LogP) is 2.71. The number of carboxylic acid groups (broad SMARTS) is 1. The van der Waals surface area contributed by atoms with E-state index in [1.54, 1.807) is 0 Å². The lowest BCUT2D eigenvalue weighted by atomic mass is 10.1. The van der Waals surface area contributed by atoms with Crippen LogP contribution in [0.4, 0.5) is 10.6 Å². The molecule has 2 N–H and O–H groups in total. The molecule has 2 rings (SSSR count). The predicted molar refractivity (Wildman–Crippen MR) is 82.0 cm³/mol. The SMILES string of the molecule is CCCCc1cc(N2CCC[C@@H](NC(=O)O)C2)nc(Cl)n1. The van der Waals surface area contributed by atoms with E-state index >= 15 is 0 Å². The molecular weight excluding hydrogens is 292 g/mol. The van der Waals surface area contributed by atoms with E-state index in [0.717, 1.165) is 50.2 Å². The minimum atomic E-state index is -0.980. The molecule has 1 saturated heterocycles. The Morgan fingerprint density at radius 2 is 2.38 bits per heavy atom. The standard InChI is InChI=1S/C14H21ClN4O2/c1-2-3-5-10-8-12(18-13(15)16-10)19-7-4-6-11(9-19)17-14(20)21/h8,11,17H,2-7,9H2,1H3,(H,20,21)/t11-/m1/s1. The molecule has 0 bridgehead atoms. The zero-order valence-corrected chi connectivity index (χ0v) is 12.9. The van der Waals surface area contributed by atoms with Crippen LogP contribution in [0.25, 0.3) is 0 Å². The van der Waals surface area contributed by atoms with Gasteiger partial charge in [0.05, 0.1) is 0 Å². The van der Waals surface area contributed by atoms with Gasteiger partial charge in [0.1, 0.15) is 5.82 Å². The Balaban J connectivity index is 2.09. The molecule has 116 valence electrons. The zero-order valence-electron chi connectivity index (χ0n) is 12.2. The summed E-state index contributed by atoms with van der Waals surface area (Å²) in [7, 11) is 0. The van der Waals surface area contributed by atoms with E-state index in [0.29, 0.717) is 6.54 Å². The first-order valence-corrected chi connectivity index (χ1v) is 7.74. The van der Waals surface area contributed by atoms with Gasteiger partial charge in [-0.05, 0) is 37.3 Å². The van der Waals surface area contributed by atoms with Gasteiger partial charge < -0.3 is 15.3 Å². The van der Waals surface area contributed by atoms with Crippen molar-refractivity contribution in [1.29, 1.82) is 0 Å². The summed E-state index contributed by atoms with van der Waals surface area (Å²) in [6, 6.07) is 1.90. The van der Waals surface area contributed by atoms with Crippen molar-refractivity contribution in [3.05, 3.63) is 17.0 Å². The van der Waals surface area contributed by atoms with Crippen LogP contribution in [-0.2, 0) is 6.42 Å². The molecule has 1 aromatic heterocycles. The molecule has 1 amide bonds. The molecule has 0 spiro atoms. The number of rotatable bonds is 5. The summed E-state index contributed by atoms with van der Waals surface area (Å²) in [5.41, 5.74) is 0.945. The smallest absolute Gasteiger partial charge is 0.404 e. The molecule has 1 aliphatic heterocycles. The third-order valence-corrected chi connectivity index (χ3v) is 3.77. The number of anilines is 1.